The standard InChI is InChI=1S/C11H20N2O3/c1-12(2)5-4-10(14)13-6-3-9(8-13)7-11(15)16/h9H,3-8H2,1-2H3,(H,15,16). The number of hydrogen-bond donors (Lipinski definition) is 1. The number of rotatable bonds is 5. The lowest BCUT2D eigenvalue weighted by atomic mass is 10.1. The Labute approximate surface area is 96.0 Å². The van der Waals surface area contributed by atoms with Crippen LogP contribution in [0.2, 0.25) is 0 Å². The highest BCUT2D eigenvalue weighted by atomic mass is 16.4. The molecule has 1 atom stereocenters. The number of carbonyl (C=O) groups is 2. The molecule has 16 heavy (non-hydrogen) atoms. The number of likely N-dealkylation sites (tertiary alicyclic amines) is 1. The molecule has 0 aliphatic carbocycles. The van der Waals surface area contributed by atoms with Crippen LogP contribution in [0.25, 0.3) is 0 Å². The van der Waals surface area contributed by atoms with Gasteiger partial charge in [-0.1, -0.05) is 0 Å². The first-order valence-corrected chi connectivity index (χ1v) is 5.63. The molecule has 1 heterocycles. The van der Waals surface area contributed by atoms with Gasteiger partial charge >= 0.3 is 5.97 Å². The molecule has 1 amide bonds. The summed E-state index contributed by atoms with van der Waals surface area (Å²) in [5.41, 5.74) is 0. The van der Waals surface area contributed by atoms with E-state index in [0.29, 0.717) is 19.5 Å². The van der Waals surface area contributed by atoms with Gasteiger partial charge in [-0.3, -0.25) is 9.59 Å². The maximum Gasteiger partial charge on any atom is 0.303 e. The molecule has 92 valence electrons. The molecule has 1 rings (SSSR count). The van der Waals surface area contributed by atoms with E-state index in [-0.39, 0.29) is 18.2 Å². The summed E-state index contributed by atoms with van der Waals surface area (Å²) in [4.78, 5) is 26.0. The second-order valence-electron chi connectivity index (χ2n) is 4.65. The van der Waals surface area contributed by atoms with Crippen molar-refractivity contribution < 1.29 is 14.7 Å². The van der Waals surface area contributed by atoms with Crippen LogP contribution in [0.5, 0.6) is 0 Å². The first-order chi connectivity index (χ1) is 7.49. The fourth-order valence-corrected chi connectivity index (χ4v) is 1.95. The lowest BCUT2D eigenvalue weighted by Crippen LogP contribution is -2.31. The van der Waals surface area contributed by atoms with Crippen molar-refractivity contribution in [2.45, 2.75) is 19.3 Å². The van der Waals surface area contributed by atoms with Crippen LogP contribution in [0.15, 0.2) is 0 Å². The maximum absolute atomic E-state index is 11.7. The van der Waals surface area contributed by atoms with Gasteiger partial charge in [-0.2, -0.15) is 0 Å². The maximum atomic E-state index is 11.7. The first kappa shape index (κ1) is 13.0. The first-order valence-electron chi connectivity index (χ1n) is 5.63. The lowest BCUT2D eigenvalue weighted by Gasteiger charge is -2.17. The van der Waals surface area contributed by atoms with Crippen LogP contribution in [-0.4, -0.2) is 60.5 Å². The summed E-state index contributed by atoms with van der Waals surface area (Å²) in [6, 6.07) is 0. The van der Waals surface area contributed by atoms with Crippen molar-refractivity contribution in [3.8, 4) is 0 Å². The Morgan fingerprint density at radius 2 is 2.12 bits per heavy atom. The van der Waals surface area contributed by atoms with Gasteiger partial charge in [-0.25, -0.2) is 0 Å². The van der Waals surface area contributed by atoms with E-state index < -0.39 is 5.97 Å². The zero-order valence-electron chi connectivity index (χ0n) is 9.98. The number of carboxylic acid groups (broad SMARTS) is 1. The van der Waals surface area contributed by atoms with E-state index in [4.69, 9.17) is 5.11 Å². The average Bonchev–Trinajstić information content (AvgIpc) is 2.61. The highest BCUT2D eigenvalue weighted by Gasteiger charge is 2.27. The predicted molar refractivity (Wildman–Crippen MR) is 60.1 cm³/mol. The monoisotopic (exact) mass is 228 g/mol. The molecule has 1 unspecified atom stereocenters. The second-order valence-corrected chi connectivity index (χ2v) is 4.65. The smallest absolute Gasteiger partial charge is 0.303 e. The minimum absolute atomic E-state index is 0.140. The fourth-order valence-electron chi connectivity index (χ4n) is 1.95. The third kappa shape index (κ3) is 4.18. The van der Waals surface area contributed by atoms with Crippen LogP contribution in [0.1, 0.15) is 19.3 Å². The Morgan fingerprint density at radius 1 is 1.44 bits per heavy atom. The molecule has 1 aliphatic heterocycles. The van der Waals surface area contributed by atoms with E-state index in [0.717, 1.165) is 13.0 Å². The Morgan fingerprint density at radius 3 is 2.69 bits per heavy atom. The Bertz CT molecular complexity index is 266. The van der Waals surface area contributed by atoms with Crippen molar-refractivity contribution in [2.75, 3.05) is 33.7 Å². The second kappa shape index (κ2) is 5.84. The van der Waals surface area contributed by atoms with Crippen LogP contribution in [0, 0.1) is 5.92 Å². The summed E-state index contributed by atoms with van der Waals surface area (Å²) in [7, 11) is 3.87. The molecule has 0 saturated carbocycles. The van der Waals surface area contributed by atoms with Crippen LogP contribution in [-0.2, 0) is 9.59 Å². The quantitative estimate of drug-likeness (QED) is 0.733. The number of carboxylic acids is 1. The molecule has 0 radical (unpaired) electrons. The zero-order chi connectivity index (χ0) is 12.1. The molecule has 0 aromatic carbocycles. The Hall–Kier alpha value is -1.10. The van der Waals surface area contributed by atoms with Crippen molar-refractivity contribution >= 4 is 11.9 Å². The third-order valence-electron chi connectivity index (χ3n) is 2.87. The van der Waals surface area contributed by atoms with E-state index >= 15 is 0 Å². The Kier molecular flexibility index (Phi) is 4.73. The number of amides is 1. The normalized spacial score (nSPS) is 20.4. The van der Waals surface area contributed by atoms with Gasteiger partial charge in [0, 0.05) is 32.5 Å². The van der Waals surface area contributed by atoms with Gasteiger partial charge in [0.15, 0.2) is 0 Å². The summed E-state index contributed by atoms with van der Waals surface area (Å²) >= 11 is 0. The van der Waals surface area contributed by atoms with E-state index in [9.17, 15) is 9.59 Å². The largest absolute Gasteiger partial charge is 0.481 e. The van der Waals surface area contributed by atoms with E-state index in [2.05, 4.69) is 0 Å². The molecule has 5 nitrogen and oxygen atoms in total. The predicted octanol–water partition coefficient (Wildman–Crippen LogP) is 0.261. The molecule has 1 fully saturated rings. The molecule has 1 aliphatic rings. The van der Waals surface area contributed by atoms with Crippen molar-refractivity contribution in [1.82, 2.24) is 9.80 Å². The molecular weight excluding hydrogens is 208 g/mol. The van der Waals surface area contributed by atoms with Gasteiger partial charge in [0.1, 0.15) is 0 Å². The van der Waals surface area contributed by atoms with Crippen LogP contribution < -0.4 is 0 Å². The highest BCUT2D eigenvalue weighted by Crippen LogP contribution is 2.20. The minimum Gasteiger partial charge on any atom is -0.481 e. The van der Waals surface area contributed by atoms with E-state index in [1.165, 1.54) is 0 Å². The van der Waals surface area contributed by atoms with Crippen molar-refractivity contribution in [1.29, 1.82) is 0 Å². The molecule has 0 aromatic heterocycles. The molecule has 0 spiro atoms. The average molecular weight is 228 g/mol. The van der Waals surface area contributed by atoms with Gasteiger partial charge in [0.2, 0.25) is 5.91 Å². The van der Waals surface area contributed by atoms with E-state index in [1.807, 2.05) is 19.0 Å². The summed E-state index contributed by atoms with van der Waals surface area (Å²) in [6.45, 7) is 2.07. The minimum atomic E-state index is -0.771. The molecule has 1 saturated heterocycles. The van der Waals surface area contributed by atoms with Gasteiger partial charge in [-0.05, 0) is 26.4 Å². The van der Waals surface area contributed by atoms with Gasteiger partial charge < -0.3 is 14.9 Å². The molecule has 5 heteroatoms. The molecule has 0 bridgehead atoms. The Balaban J connectivity index is 2.29. The van der Waals surface area contributed by atoms with Crippen LogP contribution >= 0.6 is 0 Å². The van der Waals surface area contributed by atoms with Gasteiger partial charge in [-0.15, -0.1) is 0 Å². The van der Waals surface area contributed by atoms with Gasteiger partial charge in [0.25, 0.3) is 0 Å². The summed E-state index contributed by atoms with van der Waals surface area (Å²) in [5.74, 6) is -0.491. The summed E-state index contributed by atoms with van der Waals surface area (Å²) in [5, 5.41) is 8.66. The summed E-state index contributed by atoms with van der Waals surface area (Å²) in [6.07, 6.45) is 1.52. The highest BCUT2D eigenvalue weighted by molar-refractivity contribution is 5.76. The molecular formula is C11H20N2O3. The fraction of sp³-hybridized carbons (Fsp3) is 0.818. The number of aliphatic carboxylic acids is 1. The molecule has 0 aromatic rings. The van der Waals surface area contributed by atoms with Crippen molar-refractivity contribution in [2.24, 2.45) is 5.92 Å². The van der Waals surface area contributed by atoms with Crippen molar-refractivity contribution in [3.05, 3.63) is 0 Å². The van der Waals surface area contributed by atoms with Crippen molar-refractivity contribution in [3.63, 3.8) is 0 Å². The number of nitrogens with zero attached hydrogens (tertiary/aromatic N) is 2. The number of hydrogen-bond acceptors (Lipinski definition) is 3. The zero-order valence-corrected chi connectivity index (χ0v) is 9.98. The third-order valence-corrected chi connectivity index (χ3v) is 2.87. The topological polar surface area (TPSA) is 60.9 Å². The van der Waals surface area contributed by atoms with E-state index in [1.54, 1.807) is 4.90 Å². The number of carbonyl (C=O) groups excluding carboxylic acids is 1. The SMILES string of the molecule is CN(C)CCC(=O)N1CCC(CC(=O)O)C1. The van der Waals surface area contributed by atoms with Crippen LogP contribution in [0.4, 0.5) is 0 Å². The molecule has 1 N–H and O–H groups in total. The van der Waals surface area contributed by atoms with Gasteiger partial charge in [0.05, 0.1) is 0 Å². The lowest BCUT2D eigenvalue weighted by molar-refractivity contribution is -0.138. The summed E-state index contributed by atoms with van der Waals surface area (Å²) < 4.78 is 0. The van der Waals surface area contributed by atoms with Crippen LogP contribution in [0.3, 0.4) is 0 Å².